The van der Waals surface area contributed by atoms with Crippen molar-refractivity contribution in [1.82, 2.24) is 0 Å². The molecule has 1 aromatic rings. The van der Waals surface area contributed by atoms with Gasteiger partial charge in [0.05, 0.1) is 0 Å². The van der Waals surface area contributed by atoms with E-state index in [-0.39, 0.29) is 5.41 Å². The first-order chi connectivity index (χ1) is 8.47. The Kier molecular flexibility index (Phi) is 3.96. The van der Waals surface area contributed by atoms with Crippen molar-refractivity contribution in [3.8, 4) is 0 Å². The van der Waals surface area contributed by atoms with Gasteiger partial charge < -0.3 is 11.1 Å². The molecule has 0 amide bonds. The molecule has 1 saturated carbocycles. The quantitative estimate of drug-likeness (QED) is 0.835. The maximum absolute atomic E-state index is 6.16. The van der Waals surface area contributed by atoms with Gasteiger partial charge in [-0.15, -0.1) is 0 Å². The fourth-order valence-electron chi connectivity index (χ4n) is 2.62. The molecule has 18 heavy (non-hydrogen) atoms. The molecule has 0 unspecified atom stereocenters. The monoisotopic (exact) mass is 246 g/mol. The average Bonchev–Trinajstić information content (AvgIpc) is 2.32. The Hall–Kier alpha value is -1.02. The Balaban J connectivity index is 2.02. The maximum Gasteiger partial charge on any atom is 0.0412 e. The van der Waals surface area contributed by atoms with Crippen LogP contribution in [0.15, 0.2) is 24.3 Å². The van der Waals surface area contributed by atoms with Crippen LogP contribution in [-0.4, -0.2) is 12.1 Å². The molecule has 2 heteroatoms. The van der Waals surface area contributed by atoms with Gasteiger partial charge in [0.15, 0.2) is 0 Å². The molecule has 2 atom stereocenters. The van der Waals surface area contributed by atoms with Crippen LogP contribution in [0, 0.1) is 0 Å². The van der Waals surface area contributed by atoms with Crippen molar-refractivity contribution in [2.75, 3.05) is 5.32 Å². The molecule has 1 aromatic carbocycles. The molecular formula is C16H26N2. The van der Waals surface area contributed by atoms with Crippen LogP contribution in [-0.2, 0) is 5.41 Å². The molecule has 1 fully saturated rings. The van der Waals surface area contributed by atoms with Crippen LogP contribution in [0.3, 0.4) is 0 Å². The summed E-state index contributed by atoms with van der Waals surface area (Å²) in [5, 5.41) is 3.58. The predicted octanol–water partition coefficient (Wildman–Crippen LogP) is 3.67. The molecule has 1 aliphatic carbocycles. The van der Waals surface area contributed by atoms with Gasteiger partial charge in [-0.2, -0.15) is 0 Å². The Morgan fingerprint density at radius 2 is 1.67 bits per heavy atom. The van der Waals surface area contributed by atoms with Crippen LogP contribution in [0.25, 0.3) is 0 Å². The Bertz CT molecular complexity index is 375. The van der Waals surface area contributed by atoms with E-state index in [1.165, 1.54) is 30.5 Å². The molecule has 100 valence electrons. The molecule has 2 nitrogen and oxygen atoms in total. The maximum atomic E-state index is 6.16. The summed E-state index contributed by atoms with van der Waals surface area (Å²) < 4.78 is 0. The van der Waals surface area contributed by atoms with E-state index in [4.69, 9.17) is 5.73 Å². The first-order valence-electron chi connectivity index (χ1n) is 7.09. The molecule has 2 rings (SSSR count). The van der Waals surface area contributed by atoms with Gasteiger partial charge in [-0.1, -0.05) is 45.7 Å². The van der Waals surface area contributed by atoms with E-state index in [0.717, 1.165) is 6.42 Å². The van der Waals surface area contributed by atoms with Gasteiger partial charge in [0, 0.05) is 17.8 Å². The van der Waals surface area contributed by atoms with Crippen LogP contribution < -0.4 is 11.1 Å². The fraction of sp³-hybridized carbons (Fsp3) is 0.625. The number of nitrogens with two attached hydrogens (primary N) is 1. The Morgan fingerprint density at radius 3 is 2.22 bits per heavy atom. The summed E-state index contributed by atoms with van der Waals surface area (Å²) in [6.45, 7) is 6.73. The summed E-state index contributed by atoms with van der Waals surface area (Å²) in [5.74, 6) is 0. The zero-order valence-corrected chi connectivity index (χ0v) is 11.9. The van der Waals surface area contributed by atoms with Crippen LogP contribution in [0.4, 0.5) is 5.69 Å². The van der Waals surface area contributed by atoms with Gasteiger partial charge in [-0.3, -0.25) is 0 Å². The average molecular weight is 246 g/mol. The number of anilines is 1. The van der Waals surface area contributed by atoms with Crippen molar-refractivity contribution in [2.24, 2.45) is 5.73 Å². The third-order valence-electron chi connectivity index (χ3n) is 3.92. The van der Waals surface area contributed by atoms with Gasteiger partial charge in [0.1, 0.15) is 0 Å². The second kappa shape index (κ2) is 5.31. The number of nitrogens with one attached hydrogen (secondary N) is 1. The van der Waals surface area contributed by atoms with Crippen LogP contribution in [0.1, 0.15) is 52.0 Å². The summed E-state index contributed by atoms with van der Waals surface area (Å²) in [5.41, 5.74) is 8.96. The smallest absolute Gasteiger partial charge is 0.0412 e. The lowest BCUT2D eigenvalue weighted by Gasteiger charge is -2.30. The van der Waals surface area contributed by atoms with Crippen molar-refractivity contribution in [1.29, 1.82) is 0 Å². The van der Waals surface area contributed by atoms with Crippen molar-refractivity contribution < 1.29 is 0 Å². The van der Waals surface area contributed by atoms with E-state index in [2.05, 4.69) is 50.4 Å². The second-order valence-corrected chi connectivity index (χ2v) is 6.53. The first kappa shape index (κ1) is 13.4. The van der Waals surface area contributed by atoms with Gasteiger partial charge in [-0.25, -0.2) is 0 Å². The summed E-state index contributed by atoms with van der Waals surface area (Å²) in [7, 11) is 0. The summed E-state index contributed by atoms with van der Waals surface area (Å²) in [4.78, 5) is 0. The normalized spacial score (nSPS) is 24.9. The largest absolute Gasteiger partial charge is 0.381 e. The van der Waals surface area contributed by atoms with Crippen LogP contribution in [0.5, 0.6) is 0 Å². The molecule has 0 heterocycles. The second-order valence-electron chi connectivity index (χ2n) is 6.53. The number of benzene rings is 1. The number of hydrogen-bond donors (Lipinski definition) is 2. The highest BCUT2D eigenvalue weighted by atomic mass is 15.0. The minimum Gasteiger partial charge on any atom is -0.381 e. The molecule has 0 bridgehead atoms. The highest BCUT2D eigenvalue weighted by Gasteiger charge is 2.21. The Morgan fingerprint density at radius 1 is 1.06 bits per heavy atom. The molecule has 3 N–H and O–H groups in total. The third-order valence-corrected chi connectivity index (χ3v) is 3.92. The molecule has 0 saturated heterocycles. The molecule has 0 aliphatic heterocycles. The van der Waals surface area contributed by atoms with Crippen LogP contribution >= 0.6 is 0 Å². The lowest BCUT2D eigenvalue weighted by atomic mass is 9.87. The summed E-state index contributed by atoms with van der Waals surface area (Å²) in [6, 6.07) is 9.55. The Labute approximate surface area is 111 Å². The van der Waals surface area contributed by atoms with Crippen molar-refractivity contribution in [3.05, 3.63) is 29.8 Å². The SMILES string of the molecule is CC(C)(C)c1ccc(N[C@H]2CCCC[C@@H]2N)cc1. The van der Waals surface area contributed by atoms with E-state index < -0.39 is 0 Å². The summed E-state index contributed by atoms with van der Waals surface area (Å²) >= 11 is 0. The minimum atomic E-state index is 0.222. The lowest BCUT2D eigenvalue weighted by Crippen LogP contribution is -2.42. The molecular weight excluding hydrogens is 220 g/mol. The van der Waals surface area contributed by atoms with Gasteiger partial charge >= 0.3 is 0 Å². The molecule has 1 aliphatic rings. The summed E-state index contributed by atoms with van der Waals surface area (Å²) in [6.07, 6.45) is 4.92. The highest BCUT2D eigenvalue weighted by molar-refractivity contribution is 5.47. The van der Waals surface area contributed by atoms with Gasteiger partial charge in [-0.05, 0) is 36.0 Å². The van der Waals surface area contributed by atoms with E-state index in [9.17, 15) is 0 Å². The van der Waals surface area contributed by atoms with Crippen molar-refractivity contribution in [3.63, 3.8) is 0 Å². The zero-order chi connectivity index (χ0) is 13.2. The van der Waals surface area contributed by atoms with Crippen molar-refractivity contribution >= 4 is 5.69 Å². The lowest BCUT2D eigenvalue weighted by molar-refractivity contribution is 0.404. The predicted molar refractivity (Wildman–Crippen MR) is 79.0 cm³/mol. The van der Waals surface area contributed by atoms with E-state index >= 15 is 0 Å². The van der Waals surface area contributed by atoms with E-state index in [1.807, 2.05) is 0 Å². The van der Waals surface area contributed by atoms with E-state index in [0.29, 0.717) is 12.1 Å². The minimum absolute atomic E-state index is 0.222. The van der Waals surface area contributed by atoms with E-state index in [1.54, 1.807) is 0 Å². The number of hydrogen-bond acceptors (Lipinski definition) is 2. The van der Waals surface area contributed by atoms with Crippen molar-refractivity contribution in [2.45, 2.75) is 64.0 Å². The first-order valence-corrected chi connectivity index (χ1v) is 7.09. The molecule has 0 aromatic heterocycles. The standard InChI is InChI=1S/C16H26N2/c1-16(2,3)12-8-10-13(11-9-12)18-15-7-5-4-6-14(15)17/h8-11,14-15,18H,4-7,17H2,1-3H3/t14-,15-/m0/s1. The topological polar surface area (TPSA) is 38.0 Å². The highest BCUT2D eigenvalue weighted by Crippen LogP contribution is 2.25. The molecule has 0 spiro atoms. The van der Waals surface area contributed by atoms with Gasteiger partial charge in [0.25, 0.3) is 0 Å². The zero-order valence-electron chi connectivity index (χ0n) is 11.9. The third kappa shape index (κ3) is 3.26. The van der Waals surface area contributed by atoms with Gasteiger partial charge in [0.2, 0.25) is 0 Å². The van der Waals surface area contributed by atoms with Crippen LogP contribution in [0.2, 0.25) is 0 Å². The number of rotatable bonds is 2. The molecule has 0 radical (unpaired) electrons. The fourth-order valence-corrected chi connectivity index (χ4v) is 2.62.